The van der Waals surface area contributed by atoms with E-state index in [4.69, 9.17) is 4.74 Å². The Morgan fingerprint density at radius 2 is 1.80 bits per heavy atom. The van der Waals surface area contributed by atoms with E-state index >= 15 is 0 Å². The molecule has 0 aliphatic carbocycles. The summed E-state index contributed by atoms with van der Waals surface area (Å²) in [4.78, 5) is 2.40. The highest BCUT2D eigenvalue weighted by Crippen LogP contribution is 2.18. The SMILES string of the molecule is Cc1nnc(NCc2ccc(CN3CCOCC3)cc2)c(C#N)c1C. The van der Waals surface area contributed by atoms with Crippen LogP contribution in [0, 0.1) is 25.2 Å². The van der Waals surface area contributed by atoms with E-state index < -0.39 is 0 Å². The van der Waals surface area contributed by atoms with Crippen molar-refractivity contribution in [3.8, 4) is 6.07 Å². The van der Waals surface area contributed by atoms with Gasteiger partial charge >= 0.3 is 0 Å². The number of hydrogen-bond donors (Lipinski definition) is 1. The van der Waals surface area contributed by atoms with E-state index in [9.17, 15) is 5.26 Å². The van der Waals surface area contributed by atoms with Gasteiger partial charge in [-0.2, -0.15) is 10.4 Å². The van der Waals surface area contributed by atoms with E-state index in [2.05, 4.69) is 50.7 Å². The molecule has 1 fully saturated rings. The lowest BCUT2D eigenvalue weighted by Gasteiger charge is -2.26. The van der Waals surface area contributed by atoms with E-state index in [0.717, 1.165) is 49.7 Å². The molecular formula is C19H23N5O. The second kappa shape index (κ2) is 8.06. The molecule has 3 rings (SSSR count). The number of nitriles is 1. The molecule has 1 aromatic heterocycles. The Bertz CT molecular complexity index is 761. The molecule has 25 heavy (non-hydrogen) atoms. The number of morpholine rings is 1. The predicted octanol–water partition coefficient (Wildman–Crippen LogP) is 2.41. The predicted molar refractivity (Wildman–Crippen MR) is 96.1 cm³/mol. The number of nitrogens with zero attached hydrogens (tertiary/aromatic N) is 4. The largest absolute Gasteiger partial charge is 0.379 e. The molecule has 6 nitrogen and oxygen atoms in total. The molecule has 1 N–H and O–H groups in total. The number of aryl methyl sites for hydroxylation is 1. The third kappa shape index (κ3) is 4.32. The summed E-state index contributed by atoms with van der Waals surface area (Å²) in [7, 11) is 0. The zero-order valence-corrected chi connectivity index (χ0v) is 14.7. The van der Waals surface area contributed by atoms with Gasteiger partial charge in [0.1, 0.15) is 11.6 Å². The molecule has 1 aliphatic heterocycles. The molecule has 0 atom stereocenters. The lowest BCUT2D eigenvalue weighted by molar-refractivity contribution is 0.0342. The zero-order valence-electron chi connectivity index (χ0n) is 14.7. The number of aromatic nitrogens is 2. The van der Waals surface area contributed by atoms with E-state index in [1.807, 2.05) is 13.8 Å². The fraction of sp³-hybridized carbons (Fsp3) is 0.421. The van der Waals surface area contributed by atoms with Crippen LogP contribution in [0.3, 0.4) is 0 Å². The van der Waals surface area contributed by atoms with E-state index in [1.165, 1.54) is 5.56 Å². The molecule has 0 radical (unpaired) electrons. The van der Waals surface area contributed by atoms with Crippen LogP contribution in [0.25, 0.3) is 0 Å². The smallest absolute Gasteiger partial charge is 0.167 e. The first-order valence-corrected chi connectivity index (χ1v) is 8.53. The van der Waals surface area contributed by atoms with Crippen LogP contribution in [-0.4, -0.2) is 41.4 Å². The minimum Gasteiger partial charge on any atom is -0.379 e. The maximum Gasteiger partial charge on any atom is 0.167 e. The van der Waals surface area contributed by atoms with Crippen LogP contribution >= 0.6 is 0 Å². The monoisotopic (exact) mass is 337 g/mol. The van der Waals surface area contributed by atoms with Crippen LogP contribution in [0.2, 0.25) is 0 Å². The average molecular weight is 337 g/mol. The third-order valence-corrected chi connectivity index (χ3v) is 4.56. The Hall–Kier alpha value is -2.49. The van der Waals surface area contributed by atoms with E-state index in [1.54, 1.807) is 0 Å². The number of rotatable bonds is 5. The molecule has 0 spiro atoms. The van der Waals surface area contributed by atoms with Crippen LogP contribution in [0.15, 0.2) is 24.3 Å². The van der Waals surface area contributed by atoms with Crippen molar-refractivity contribution in [2.24, 2.45) is 0 Å². The van der Waals surface area contributed by atoms with Gasteiger partial charge in [-0.15, -0.1) is 5.10 Å². The Kier molecular flexibility index (Phi) is 5.59. The molecule has 1 aliphatic rings. The van der Waals surface area contributed by atoms with E-state index in [-0.39, 0.29) is 0 Å². The standard InChI is InChI=1S/C19H23N5O/c1-14-15(2)22-23-19(18(14)11-20)21-12-16-3-5-17(6-4-16)13-24-7-9-25-10-8-24/h3-6H,7-10,12-13H2,1-2H3,(H,21,23). The number of nitrogens with one attached hydrogen (secondary N) is 1. The first-order chi connectivity index (χ1) is 12.2. The zero-order chi connectivity index (χ0) is 17.6. The highest BCUT2D eigenvalue weighted by molar-refractivity contribution is 5.55. The Morgan fingerprint density at radius 1 is 1.12 bits per heavy atom. The fourth-order valence-corrected chi connectivity index (χ4v) is 2.83. The van der Waals surface area contributed by atoms with Crippen molar-refractivity contribution in [3.63, 3.8) is 0 Å². The maximum atomic E-state index is 9.34. The van der Waals surface area contributed by atoms with Crippen LogP contribution in [0.1, 0.15) is 27.9 Å². The quantitative estimate of drug-likeness (QED) is 0.903. The highest BCUT2D eigenvalue weighted by Gasteiger charge is 2.12. The van der Waals surface area contributed by atoms with Crippen molar-refractivity contribution in [1.82, 2.24) is 15.1 Å². The minimum atomic E-state index is 0.544. The second-order valence-corrected chi connectivity index (χ2v) is 6.30. The van der Waals surface area contributed by atoms with Crippen molar-refractivity contribution >= 4 is 5.82 Å². The molecule has 1 aromatic carbocycles. The van der Waals surface area contributed by atoms with Crippen LogP contribution in [0.4, 0.5) is 5.82 Å². The number of benzene rings is 1. The molecule has 0 saturated carbocycles. The Morgan fingerprint density at radius 3 is 2.48 bits per heavy atom. The van der Waals surface area contributed by atoms with Crippen molar-refractivity contribution < 1.29 is 4.74 Å². The minimum absolute atomic E-state index is 0.544. The number of anilines is 1. The summed E-state index contributed by atoms with van der Waals surface area (Å²) in [6.45, 7) is 8.95. The summed E-state index contributed by atoms with van der Waals surface area (Å²) in [6.07, 6.45) is 0. The van der Waals surface area contributed by atoms with Gasteiger partial charge in [0.15, 0.2) is 5.82 Å². The lowest BCUT2D eigenvalue weighted by Crippen LogP contribution is -2.35. The summed E-state index contributed by atoms with van der Waals surface area (Å²) in [5.41, 5.74) is 4.68. The van der Waals surface area contributed by atoms with Gasteiger partial charge in [-0.3, -0.25) is 4.90 Å². The van der Waals surface area contributed by atoms with Gasteiger partial charge in [0, 0.05) is 26.2 Å². The molecule has 2 heterocycles. The van der Waals surface area contributed by atoms with Gasteiger partial charge in [0.2, 0.25) is 0 Å². The lowest BCUT2D eigenvalue weighted by atomic mass is 10.1. The van der Waals surface area contributed by atoms with Crippen molar-refractivity contribution in [2.45, 2.75) is 26.9 Å². The molecule has 0 amide bonds. The molecule has 6 heteroatoms. The van der Waals surface area contributed by atoms with Gasteiger partial charge in [0.05, 0.1) is 18.9 Å². The van der Waals surface area contributed by atoms with E-state index in [0.29, 0.717) is 17.9 Å². The number of ether oxygens (including phenoxy) is 1. The van der Waals surface area contributed by atoms with Gasteiger partial charge in [0.25, 0.3) is 0 Å². The Labute approximate surface area is 148 Å². The normalized spacial score (nSPS) is 14.9. The van der Waals surface area contributed by atoms with Crippen LogP contribution in [0.5, 0.6) is 0 Å². The van der Waals surface area contributed by atoms with Gasteiger partial charge in [-0.05, 0) is 30.5 Å². The topological polar surface area (TPSA) is 74.1 Å². The molecule has 1 saturated heterocycles. The van der Waals surface area contributed by atoms with Crippen LogP contribution in [-0.2, 0) is 17.8 Å². The summed E-state index contributed by atoms with van der Waals surface area (Å²) in [5, 5.41) is 20.8. The highest BCUT2D eigenvalue weighted by atomic mass is 16.5. The summed E-state index contributed by atoms with van der Waals surface area (Å²) >= 11 is 0. The van der Waals surface area contributed by atoms with Crippen molar-refractivity contribution in [3.05, 3.63) is 52.2 Å². The average Bonchev–Trinajstić information content (AvgIpc) is 2.65. The van der Waals surface area contributed by atoms with Crippen LogP contribution < -0.4 is 5.32 Å². The summed E-state index contributed by atoms with van der Waals surface area (Å²) < 4.78 is 5.38. The maximum absolute atomic E-state index is 9.34. The number of hydrogen-bond acceptors (Lipinski definition) is 6. The third-order valence-electron chi connectivity index (χ3n) is 4.56. The first kappa shape index (κ1) is 17.3. The van der Waals surface area contributed by atoms with Crippen molar-refractivity contribution in [2.75, 3.05) is 31.6 Å². The van der Waals surface area contributed by atoms with Gasteiger partial charge in [-0.1, -0.05) is 24.3 Å². The van der Waals surface area contributed by atoms with Gasteiger partial charge < -0.3 is 10.1 Å². The summed E-state index contributed by atoms with van der Waals surface area (Å²) in [5.74, 6) is 0.544. The van der Waals surface area contributed by atoms with Gasteiger partial charge in [-0.25, -0.2) is 0 Å². The first-order valence-electron chi connectivity index (χ1n) is 8.53. The fourth-order valence-electron chi connectivity index (χ4n) is 2.83. The molecule has 130 valence electrons. The molecule has 2 aromatic rings. The molecule has 0 unspecified atom stereocenters. The molecular weight excluding hydrogens is 314 g/mol. The summed E-state index contributed by atoms with van der Waals surface area (Å²) in [6, 6.07) is 10.8. The van der Waals surface area contributed by atoms with Crippen molar-refractivity contribution in [1.29, 1.82) is 5.26 Å². The second-order valence-electron chi connectivity index (χ2n) is 6.30. The molecule has 0 bridgehead atoms. The Balaban J connectivity index is 1.61.